The van der Waals surface area contributed by atoms with Crippen LogP contribution in [0.3, 0.4) is 0 Å². The third kappa shape index (κ3) is 3.38. The lowest BCUT2D eigenvalue weighted by atomic mass is 9.92. The molecule has 0 spiro atoms. The zero-order chi connectivity index (χ0) is 16.2. The highest BCUT2D eigenvalue weighted by atomic mass is 32.2. The van der Waals surface area contributed by atoms with Crippen molar-refractivity contribution >= 4 is 29.5 Å². The third-order valence-electron chi connectivity index (χ3n) is 3.59. The number of pyridine rings is 1. The largest absolute Gasteiger partial charge is 0.480 e. The first-order valence-corrected chi connectivity index (χ1v) is 7.96. The van der Waals surface area contributed by atoms with Crippen molar-refractivity contribution in [3.8, 4) is 0 Å². The predicted molar refractivity (Wildman–Crippen MR) is 82.0 cm³/mol. The monoisotopic (exact) mass is 323 g/mol. The maximum absolute atomic E-state index is 12.3. The Labute approximate surface area is 131 Å². The molecular weight excluding hydrogens is 306 g/mol. The summed E-state index contributed by atoms with van der Waals surface area (Å²) in [4.78, 5) is 39.1. The summed E-state index contributed by atoms with van der Waals surface area (Å²) in [6.45, 7) is 0. The molecule has 0 unspecified atom stereocenters. The number of hydrogen-bond donors (Lipinski definition) is 3. The first kappa shape index (κ1) is 16.3. The van der Waals surface area contributed by atoms with Crippen molar-refractivity contribution in [2.45, 2.75) is 18.4 Å². The van der Waals surface area contributed by atoms with Crippen LogP contribution in [0.15, 0.2) is 18.3 Å². The minimum absolute atomic E-state index is 0.195. The summed E-state index contributed by atoms with van der Waals surface area (Å²) < 4.78 is 0. The zero-order valence-electron chi connectivity index (χ0n) is 12.1. The lowest BCUT2D eigenvalue weighted by molar-refractivity contribution is -0.144. The van der Waals surface area contributed by atoms with Crippen LogP contribution in [-0.4, -0.2) is 52.0 Å². The molecule has 0 aromatic carbocycles. The van der Waals surface area contributed by atoms with Crippen LogP contribution in [-0.2, 0) is 4.79 Å². The minimum atomic E-state index is -1.22. The number of hydrogen-bond acceptors (Lipinski definition) is 5. The van der Waals surface area contributed by atoms with E-state index in [1.807, 2.05) is 0 Å². The quantitative estimate of drug-likeness (QED) is 0.745. The number of aromatic nitrogens is 1. The van der Waals surface area contributed by atoms with Crippen LogP contribution in [0.4, 0.5) is 0 Å². The molecule has 2 rings (SSSR count). The van der Waals surface area contributed by atoms with Gasteiger partial charge in [-0.25, -0.2) is 4.79 Å². The van der Waals surface area contributed by atoms with Gasteiger partial charge in [0, 0.05) is 13.2 Å². The molecule has 1 aliphatic heterocycles. The van der Waals surface area contributed by atoms with Gasteiger partial charge in [0.1, 0.15) is 11.2 Å². The van der Waals surface area contributed by atoms with Gasteiger partial charge < -0.3 is 15.7 Å². The maximum atomic E-state index is 12.3. The number of carboxylic acid groups (broad SMARTS) is 1. The van der Waals surface area contributed by atoms with E-state index in [-0.39, 0.29) is 17.2 Å². The summed E-state index contributed by atoms with van der Waals surface area (Å²) >= 11 is 1.67. The fourth-order valence-electron chi connectivity index (χ4n) is 2.19. The summed E-state index contributed by atoms with van der Waals surface area (Å²) in [7, 11) is 1.49. The minimum Gasteiger partial charge on any atom is -0.480 e. The molecule has 2 amide bonds. The number of nitrogens with one attached hydrogen (secondary N) is 2. The fraction of sp³-hybridized carbons (Fsp3) is 0.429. The van der Waals surface area contributed by atoms with Crippen molar-refractivity contribution < 1.29 is 19.5 Å². The highest BCUT2D eigenvalue weighted by Gasteiger charge is 2.41. The fourth-order valence-corrected chi connectivity index (χ4v) is 3.38. The molecule has 118 valence electrons. The van der Waals surface area contributed by atoms with Gasteiger partial charge in [-0.3, -0.25) is 14.6 Å². The molecule has 1 aromatic rings. The van der Waals surface area contributed by atoms with Gasteiger partial charge in [0.2, 0.25) is 0 Å². The molecule has 2 heterocycles. The van der Waals surface area contributed by atoms with E-state index in [0.29, 0.717) is 24.3 Å². The first-order valence-electron chi connectivity index (χ1n) is 6.80. The van der Waals surface area contributed by atoms with Gasteiger partial charge in [0.15, 0.2) is 0 Å². The number of nitrogens with zero attached hydrogens (tertiary/aromatic N) is 1. The summed E-state index contributed by atoms with van der Waals surface area (Å²) in [6, 6.07) is 2.89. The molecule has 8 heteroatoms. The maximum Gasteiger partial charge on any atom is 0.329 e. The van der Waals surface area contributed by atoms with Crippen LogP contribution in [0, 0.1) is 0 Å². The molecule has 1 saturated heterocycles. The Morgan fingerprint density at radius 1 is 1.23 bits per heavy atom. The summed E-state index contributed by atoms with van der Waals surface area (Å²) in [5.41, 5.74) is -0.797. The van der Waals surface area contributed by atoms with E-state index >= 15 is 0 Å². The topological polar surface area (TPSA) is 108 Å². The van der Waals surface area contributed by atoms with Gasteiger partial charge in [-0.15, -0.1) is 0 Å². The van der Waals surface area contributed by atoms with Crippen molar-refractivity contribution in [2.75, 3.05) is 18.6 Å². The van der Waals surface area contributed by atoms with E-state index in [1.165, 1.54) is 25.4 Å². The third-order valence-corrected chi connectivity index (χ3v) is 4.58. The number of thioether (sulfide) groups is 1. The molecule has 1 fully saturated rings. The average Bonchev–Trinajstić information content (AvgIpc) is 2.55. The van der Waals surface area contributed by atoms with E-state index in [2.05, 4.69) is 15.6 Å². The molecule has 0 radical (unpaired) electrons. The van der Waals surface area contributed by atoms with E-state index < -0.39 is 17.4 Å². The molecular formula is C14H17N3O4S. The molecule has 0 atom stereocenters. The van der Waals surface area contributed by atoms with Gasteiger partial charge >= 0.3 is 5.97 Å². The number of amides is 2. The Hall–Kier alpha value is -2.09. The van der Waals surface area contributed by atoms with Gasteiger partial charge in [0.05, 0.1) is 5.56 Å². The average molecular weight is 323 g/mol. The van der Waals surface area contributed by atoms with Crippen molar-refractivity contribution in [2.24, 2.45) is 0 Å². The van der Waals surface area contributed by atoms with Gasteiger partial charge in [-0.1, -0.05) is 0 Å². The molecule has 3 N–H and O–H groups in total. The van der Waals surface area contributed by atoms with E-state index in [4.69, 9.17) is 0 Å². The highest BCUT2D eigenvalue weighted by molar-refractivity contribution is 7.99. The summed E-state index contributed by atoms with van der Waals surface area (Å²) in [5.74, 6) is -0.472. The Kier molecular flexibility index (Phi) is 5.02. The molecule has 1 aromatic heterocycles. The lowest BCUT2D eigenvalue weighted by Crippen LogP contribution is -2.56. The zero-order valence-corrected chi connectivity index (χ0v) is 12.9. The lowest BCUT2D eigenvalue weighted by Gasteiger charge is -2.33. The van der Waals surface area contributed by atoms with Crippen LogP contribution in [0.1, 0.15) is 33.7 Å². The van der Waals surface area contributed by atoms with Crippen LogP contribution < -0.4 is 10.6 Å². The van der Waals surface area contributed by atoms with Crippen LogP contribution in [0.25, 0.3) is 0 Å². The van der Waals surface area contributed by atoms with Gasteiger partial charge in [0.25, 0.3) is 11.8 Å². The Bertz CT molecular complexity index is 582. The van der Waals surface area contributed by atoms with Crippen molar-refractivity contribution in [3.05, 3.63) is 29.6 Å². The standard InChI is InChI=1S/C14H17N3O4S/c1-15-12(19)10-3-2-9(8-16-10)11(18)17-14(13(20)21)4-6-22-7-5-14/h2-3,8H,4-7H2,1H3,(H,15,19)(H,17,18)(H,20,21). The first-order chi connectivity index (χ1) is 10.5. The molecule has 0 aliphatic carbocycles. The number of carbonyl (C=O) groups is 3. The van der Waals surface area contributed by atoms with Crippen LogP contribution in [0.2, 0.25) is 0 Å². The summed E-state index contributed by atoms with van der Waals surface area (Å²) in [5, 5.41) is 14.5. The SMILES string of the molecule is CNC(=O)c1ccc(C(=O)NC2(C(=O)O)CCSCC2)cn1. The number of carboxylic acids is 1. The van der Waals surface area contributed by atoms with E-state index in [0.717, 1.165) is 0 Å². The summed E-state index contributed by atoms with van der Waals surface area (Å²) in [6.07, 6.45) is 2.05. The smallest absolute Gasteiger partial charge is 0.329 e. The second-order valence-corrected chi connectivity index (χ2v) is 6.19. The van der Waals surface area contributed by atoms with E-state index in [1.54, 1.807) is 11.8 Å². The second-order valence-electron chi connectivity index (χ2n) is 4.96. The van der Waals surface area contributed by atoms with Crippen LogP contribution >= 0.6 is 11.8 Å². The predicted octanol–water partition coefficient (Wildman–Crippen LogP) is 0.521. The Morgan fingerprint density at radius 2 is 1.91 bits per heavy atom. The number of carbonyl (C=O) groups excluding carboxylic acids is 2. The van der Waals surface area contributed by atoms with Crippen molar-refractivity contribution in [3.63, 3.8) is 0 Å². The van der Waals surface area contributed by atoms with Crippen molar-refractivity contribution in [1.29, 1.82) is 0 Å². The molecule has 1 aliphatic rings. The molecule has 22 heavy (non-hydrogen) atoms. The number of aliphatic carboxylic acids is 1. The highest BCUT2D eigenvalue weighted by Crippen LogP contribution is 2.27. The van der Waals surface area contributed by atoms with Gasteiger partial charge in [-0.05, 0) is 36.5 Å². The van der Waals surface area contributed by atoms with Crippen molar-refractivity contribution in [1.82, 2.24) is 15.6 Å². The van der Waals surface area contributed by atoms with Gasteiger partial charge in [-0.2, -0.15) is 11.8 Å². The molecule has 0 saturated carbocycles. The van der Waals surface area contributed by atoms with E-state index in [9.17, 15) is 19.5 Å². The van der Waals surface area contributed by atoms with Crippen LogP contribution in [0.5, 0.6) is 0 Å². The molecule has 7 nitrogen and oxygen atoms in total. The Balaban J connectivity index is 2.13. The Morgan fingerprint density at radius 3 is 2.41 bits per heavy atom. The normalized spacial score (nSPS) is 16.6. The number of rotatable bonds is 4. The molecule has 0 bridgehead atoms. The second kappa shape index (κ2) is 6.78.